The first-order chi connectivity index (χ1) is 9.66. The van der Waals surface area contributed by atoms with Crippen molar-refractivity contribution in [3.8, 4) is 0 Å². The number of halogens is 1. The molecule has 0 radical (unpaired) electrons. The van der Waals surface area contributed by atoms with Gasteiger partial charge in [0.15, 0.2) is 0 Å². The predicted octanol–water partition coefficient (Wildman–Crippen LogP) is 4.35. The Bertz CT molecular complexity index is 763. The lowest BCUT2D eigenvalue weighted by Crippen LogP contribution is -2.13. The van der Waals surface area contributed by atoms with Crippen LogP contribution in [0.3, 0.4) is 0 Å². The average Bonchev–Trinajstić information content (AvgIpc) is 2.48. The fraction of sp³-hybridized carbons (Fsp3) is 0.118. The van der Waals surface area contributed by atoms with Crippen LogP contribution in [0.2, 0.25) is 0 Å². The quantitative estimate of drug-likeness (QED) is 0.760. The molecule has 1 unspecified atom stereocenters. The first-order valence-corrected chi connectivity index (χ1v) is 7.30. The summed E-state index contributed by atoms with van der Waals surface area (Å²) in [4.78, 5) is 4.22. The highest BCUT2D eigenvalue weighted by Crippen LogP contribution is 2.31. The van der Waals surface area contributed by atoms with Crippen LogP contribution in [0.15, 0.2) is 59.3 Å². The topological polar surface area (TPSA) is 38.9 Å². The predicted molar refractivity (Wildman–Crippen MR) is 86.7 cm³/mol. The van der Waals surface area contributed by atoms with E-state index in [-0.39, 0.29) is 6.04 Å². The third-order valence-electron chi connectivity index (χ3n) is 3.54. The van der Waals surface area contributed by atoms with Crippen molar-refractivity contribution < 1.29 is 0 Å². The first kappa shape index (κ1) is 13.3. The third kappa shape index (κ3) is 2.35. The summed E-state index contributed by atoms with van der Waals surface area (Å²) in [7, 11) is 0. The first-order valence-electron chi connectivity index (χ1n) is 6.51. The minimum atomic E-state index is -0.169. The van der Waals surface area contributed by atoms with Gasteiger partial charge in [-0.1, -0.05) is 51.8 Å². The highest BCUT2D eigenvalue weighted by molar-refractivity contribution is 9.10. The number of hydrogen-bond donors (Lipinski definition) is 1. The zero-order valence-electron chi connectivity index (χ0n) is 11.2. The molecule has 0 aliphatic carbocycles. The molecule has 2 aromatic carbocycles. The fourth-order valence-electron chi connectivity index (χ4n) is 2.48. The van der Waals surface area contributed by atoms with Crippen LogP contribution >= 0.6 is 15.9 Å². The van der Waals surface area contributed by atoms with Gasteiger partial charge in [0.2, 0.25) is 0 Å². The van der Waals surface area contributed by atoms with Crippen LogP contribution in [0.4, 0.5) is 0 Å². The Balaban J connectivity index is 2.17. The van der Waals surface area contributed by atoms with Gasteiger partial charge in [0, 0.05) is 22.3 Å². The summed E-state index contributed by atoms with van der Waals surface area (Å²) in [5, 5.41) is 2.27. The van der Waals surface area contributed by atoms with Crippen LogP contribution in [0.5, 0.6) is 0 Å². The van der Waals surface area contributed by atoms with Crippen LogP contribution in [-0.4, -0.2) is 4.98 Å². The van der Waals surface area contributed by atoms with Gasteiger partial charge in [0.25, 0.3) is 0 Å². The van der Waals surface area contributed by atoms with Gasteiger partial charge < -0.3 is 5.73 Å². The lowest BCUT2D eigenvalue weighted by Gasteiger charge is -2.17. The minimum Gasteiger partial charge on any atom is -0.320 e. The van der Waals surface area contributed by atoms with E-state index >= 15 is 0 Å². The van der Waals surface area contributed by atoms with Gasteiger partial charge in [0.05, 0.1) is 6.04 Å². The molecule has 0 saturated carbocycles. The standard InChI is InChI=1S/C17H15BrN2/c1-11-5-6-16(18)14(9-11)17(19)13-4-2-3-12-7-8-20-10-15(12)13/h2-10,17H,19H2,1H3. The number of rotatable bonds is 2. The largest absolute Gasteiger partial charge is 0.320 e. The summed E-state index contributed by atoms with van der Waals surface area (Å²) in [5.74, 6) is 0. The molecular weight excluding hydrogens is 312 g/mol. The molecule has 20 heavy (non-hydrogen) atoms. The van der Waals surface area contributed by atoms with Crippen LogP contribution in [0.25, 0.3) is 10.8 Å². The van der Waals surface area contributed by atoms with Crippen molar-refractivity contribution in [1.82, 2.24) is 4.98 Å². The molecule has 3 aromatic rings. The van der Waals surface area contributed by atoms with Gasteiger partial charge in [-0.3, -0.25) is 4.98 Å². The lowest BCUT2D eigenvalue weighted by atomic mass is 9.94. The second-order valence-corrected chi connectivity index (χ2v) is 5.80. The molecule has 1 aromatic heterocycles. The number of benzene rings is 2. The Morgan fingerprint density at radius 3 is 2.80 bits per heavy atom. The van der Waals surface area contributed by atoms with Crippen molar-refractivity contribution in [2.75, 3.05) is 0 Å². The lowest BCUT2D eigenvalue weighted by molar-refractivity contribution is 0.872. The molecule has 0 spiro atoms. The van der Waals surface area contributed by atoms with Crippen LogP contribution in [0, 0.1) is 6.92 Å². The number of pyridine rings is 1. The second-order valence-electron chi connectivity index (χ2n) is 4.95. The minimum absolute atomic E-state index is 0.169. The molecular formula is C17H15BrN2. The summed E-state index contributed by atoms with van der Waals surface area (Å²) < 4.78 is 1.04. The molecule has 0 bridgehead atoms. The van der Waals surface area contributed by atoms with E-state index in [4.69, 9.17) is 5.73 Å². The summed E-state index contributed by atoms with van der Waals surface area (Å²) in [5.41, 5.74) is 9.90. The second kappa shape index (κ2) is 5.35. The summed E-state index contributed by atoms with van der Waals surface area (Å²) in [6, 6.07) is 14.3. The summed E-state index contributed by atoms with van der Waals surface area (Å²) in [6.45, 7) is 2.08. The van der Waals surface area contributed by atoms with E-state index in [2.05, 4.69) is 52.1 Å². The Morgan fingerprint density at radius 2 is 1.95 bits per heavy atom. The van der Waals surface area contributed by atoms with Crippen LogP contribution in [0.1, 0.15) is 22.7 Å². The van der Waals surface area contributed by atoms with Gasteiger partial charge in [-0.15, -0.1) is 0 Å². The number of aromatic nitrogens is 1. The third-order valence-corrected chi connectivity index (χ3v) is 4.26. The van der Waals surface area contributed by atoms with Crippen molar-refractivity contribution in [1.29, 1.82) is 0 Å². The average molecular weight is 327 g/mol. The van der Waals surface area contributed by atoms with Gasteiger partial charge in [0.1, 0.15) is 0 Å². The number of nitrogens with zero attached hydrogens (tertiary/aromatic N) is 1. The van der Waals surface area contributed by atoms with Gasteiger partial charge in [-0.2, -0.15) is 0 Å². The van der Waals surface area contributed by atoms with Crippen molar-refractivity contribution >= 4 is 26.7 Å². The van der Waals surface area contributed by atoms with Crippen molar-refractivity contribution in [3.63, 3.8) is 0 Å². The molecule has 2 N–H and O–H groups in total. The Hall–Kier alpha value is -1.71. The molecule has 0 amide bonds. The van der Waals surface area contributed by atoms with Gasteiger partial charge in [-0.05, 0) is 35.6 Å². The molecule has 3 heteroatoms. The Morgan fingerprint density at radius 1 is 1.10 bits per heavy atom. The molecule has 0 aliphatic heterocycles. The van der Waals surface area contributed by atoms with Crippen LogP contribution in [-0.2, 0) is 0 Å². The fourth-order valence-corrected chi connectivity index (χ4v) is 2.97. The monoisotopic (exact) mass is 326 g/mol. The number of nitrogens with two attached hydrogens (primary N) is 1. The van der Waals surface area contributed by atoms with E-state index in [0.29, 0.717) is 0 Å². The number of aryl methyl sites for hydroxylation is 1. The zero-order chi connectivity index (χ0) is 14.1. The van der Waals surface area contributed by atoms with E-state index in [1.54, 1.807) is 6.20 Å². The van der Waals surface area contributed by atoms with E-state index in [1.807, 2.05) is 24.4 Å². The molecule has 0 fully saturated rings. The Labute approximate surface area is 126 Å². The van der Waals surface area contributed by atoms with Crippen LogP contribution < -0.4 is 5.73 Å². The Kier molecular flexibility index (Phi) is 3.55. The maximum Gasteiger partial charge on any atom is 0.0569 e. The summed E-state index contributed by atoms with van der Waals surface area (Å²) >= 11 is 3.60. The highest BCUT2D eigenvalue weighted by Gasteiger charge is 2.15. The van der Waals surface area contributed by atoms with E-state index in [1.165, 1.54) is 5.56 Å². The zero-order valence-corrected chi connectivity index (χ0v) is 12.8. The molecule has 2 nitrogen and oxygen atoms in total. The maximum atomic E-state index is 6.49. The van der Waals surface area contributed by atoms with E-state index in [9.17, 15) is 0 Å². The molecule has 1 heterocycles. The van der Waals surface area contributed by atoms with Crippen molar-refractivity contribution in [2.24, 2.45) is 5.73 Å². The van der Waals surface area contributed by atoms with Gasteiger partial charge >= 0.3 is 0 Å². The highest BCUT2D eigenvalue weighted by atomic mass is 79.9. The smallest absolute Gasteiger partial charge is 0.0569 e. The molecule has 0 saturated heterocycles. The molecule has 0 aliphatic rings. The molecule has 1 atom stereocenters. The molecule has 100 valence electrons. The van der Waals surface area contributed by atoms with Crippen molar-refractivity contribution in [2.45, 2.75) is 13.0 Å². The summed E-state index contributed by atoms with van der Waals surface area (Å²) in [6.07, 6.45) is 3.69. The van der Waals surface area contributed by atoms with E-state index < -0.39 is 0 Å². The van der Waals surface area contributed by atoms with E-state index in [0.717, 1.165) is 26.4 Å². The van der Waals surface area contributed by atoms with Crippen molar-refractivity contribution in [3.05, 3.63) is 76.0 Å². The SMILES string of the molecule is Cc1ccc(Br)c(C(N)c2cccc3ccncc23)c1. The van der Waals surface area contributed by atoms with Gasteiger partial charge in [-0.25, -0.2) is 0 Å². The maximum absolute atomic E-state index is 6.49. The molecule has 3 rings (SSSR count). The number of hydrogen-bond acceptors (Lipinski definition) is 2. The normalized spacial score (nSPS) is 12.6. The number of fused-ring (bicyclic) bond motifs is 1.